The zero-order valence-electron chi connectivity index (χ0n) is 27.0. The van der Waals surface area contributed by atoms with Crippen LogP contribution in [0.15, 0.2) is 24.3 Å². The highest BCUT2D eigenvalue weighted by molar-refractivity contribution is 5.87. The lowest BCUT2D eigenvalue weighted by atomic mass is 10.1. The van der Waals surface area contributed by atoms with Crippen LogP contribution in [-0.2, 0) is 23.9 Å². The third kappa shape index (κ3) is 26.7. The third-order valence-electron chi connectivity index (χ3n) is 7.19. The maximum Gasteiger partial charge on any atom is 0.328 e. The second-order valence-corrected chi connectivity index (χ2v) is 11.3. The SMILES string of the molecule is CCCCCC/C=C\C/C=C\C(CCCCCCC(=O)NCC(=O)NC(CO)C(=O)O)OC(=O)CCCCCCCCC. The zero-order valence-corrected chi connectivity index (χ0v) is 27.0. The molecule has 0 heterocycles. The number of carbonyl (C=O) groups excluding carboxylic acids is 3. The Bertz CT molecular complexity index is 798. The molecule has 0 saturated heterocycles. The van der Waals surface area contributed by atoms with Crippen molar-refractivity contribution in [2.75, 3.05) is 13.2 Å². The zero-order chi connectivity index (χ0) is 32.0. The average molecular weight is 609 g/mol. The van der Waals surface area contributed by atoms with Gasteiger partial charge in [-0.05, 0) is 51.0 Å². The lowest BCUT2D eigenvalue weighted by Gasteiger charge is -2.15. The summed E-state index contributed by atoms with van der Waals surface area (Å²) in [6.45, 7) is 3.36. The average Bonchev–Trinajstić information content (AvgIpc) is 2.98. The molecule has 0 aliphatic carbocycles. The molecule has 9 heteroatoms. The molecule has 0 fully saturated rings. The highest BCUT2D eigenvalue weighted by Crippen LogP contribution is 2.14. The maximum absolute atomic E-state index is 12.5. The van der Waals surface area contributed by atoms with Gasteiger partial charge in [-0.25, -0.2) is 4.79 Å². The molecule has 248 valence electrons. The molecule has 43 heavy (non-hydrogen) atoms. The van der Waals surface area contributed by atoms with Gasteiger partial charge in [-0.15, -0.1) is 0 Å². The molecular formula is C34H60N2O7. The van der Waals surface area contributed by atoms with Crippen molar-refractivity contribution in [2.45, 2.75) is 154 Å². The molecule has 0 aromatic carbocycles. The standard InChI is InChI=1S/C34H60N2O7/c1-3-5-7-9-11-12-14-15-19-23-29(43-33(40)26-22-16-13-10-8-6-4-2)24-20-17-18-21-25-31(38)35-27-32(39)36-30(28-37)34(41)42/h12,14,19,23,29-30,37H,3-11,13,15-18,20-22,24-28H2,1-2H3,(H,35,38)(H,36,39)(H,41,42)/b14-12-,23-19-. The molecule has 0 rings (SSSR count). The molecular weight excluding hydrogens is 548 g/mol. The highest BCUT2D eigenvalue weighted by atomic mass is 16.5. The van der Waals surface area contributed by atoms with Gasteiger partial charge in [0.15, 0.2) is 0 Å². The van der Waals surface area contributed by atoms with Gasteiger partial charge in [0.05, 0.1) is 13.2 Å². The number of hydrogen-bond acceptors (Lipinski definition) is 6. The van der Waals surface area contributed by atoms with Crippen molar-refractivity contribution >= 4 is 23.8 Å². The largest absolute Gasteiger partial charge is 0.480 e. The number of carboxylic acid groups (broad SMARTS) is 1. The highest BCUT2D eigenvalue weighted by Gasteiger charge is 2.18. The first kappa shape index (κ1) is 40.3. The number of hydrogen-bond donors (Lipinski definition) is 4. The molecule has 0 spiro atoms. The Morgan fingerprint density at radius 1 is 0.721 bits per heavy atom. The van der Waals surface area contributed by atoms with Gasteiger partial charge in [0.1, 0.15) is 12.1 Å². The van der Waals surface area contributed by atoms with Crippen molar-refractivity contribution < 1.29 is 34.1 Å². The Kier molecular flexibility index (Phi) is 27.6. The number of rotatable bonds is 29. The summed E-state index contributed by atoms with van der Waals surface area (Å²) in [5, 5.41) is 22.4. The molecule has 2 unspecified atom stereocenters. The Labute approximate surface area is 260 Å². The first-order valence-electron chi connectivity index (χ1n) is 16.7. The van der Waals surface area contributed by atoms with E-state index in [1.165, 1.54) is 57.8 Å². The van der Waals surface area contributed by atoms with E-state index in [-0.39, 0.29) is 30.9 Å². The monoisotopic (exact) mass is 608 g/mol. The van der Waals surface area contributed by atoms with Gasteiger partial charge in [0, 0.05) is 12.8 Å². The fraction of sp³-hybridized carbons (Fsp3) is 0.765. The Morgan fingerprint density at radius 3 is 1.98 bits per heavy atom. The number of nitrogens with one attached hydrogen (secondary N) is 2. The van der Waals surface area contributed by atoms with E-state index < -0.39 is 24.5 Å². The number of carboxylic acids is 1. The van der Waals surface area contributed by atoms with Crippen LogP contribution in [0.5, 0.6) is 0 Å². The first-order chi connectivity index (χ1) is 20.8. The van der Waals surface area contributed by atoms with Crippen molar-refractivity contribution in [3.8, 4) is 0 Å². The number of aliphatic carboxylic acids is 1. The molecule has 0 aliphatic heterocycles. The van der Waals surface area contributed by atoms with Crippen LogP contribution in [0.1, 0.15) is 142 Å². The predicted molar refractivity (Wildman–Crippen MR) is 172 cm³/mol. The number of aliphatic hydroxyl groups excluding tert-OH is 1. The Morgan fingerprint density at radius 2 is 1.33 bits per heavy atom. The van der Waals surface area contributed by atoms with Crippen LogP contribution in [0.4, 0.5) is 0 Å². The summed E-state index contributed by atoms with van der Waals surface area (Å²) in [4.78, 5) is 47.1. The molecule has 2 atom stereocenters. The predicted octanol–water partition coefficient (Wildman–Crippen LogP) is 6.53. The summed E-state index contributed by atoms with van der Waals surface area (Å²) < 4.78 is 5.81. The normalized spacial score (nSPS) is 12.8. The Hall–Kier alpha value is -2.68. The minimum Gasteiger partial charge on any atom is -0.480 e. The van der Waals surface area contributed by atoms with Gasteiger partial charge in [-0.2, -0.15) is 0 Å². The fourth-order valence-electron chi connectivity index (χ4n) is 4.54. The van der Waals surface area contributed by atoms with Gasteiger partial charge in [-0.1, -0.05) is 103 Å². The van der Waals surface area contributed by atoms with E-state index >= 15 is 0 Å². The Balaban J connectivity index is 4.40. The number of esters is 1. The number of unbranched alkanes of at least 4 members (excludes halogenated alkanes) is 13. The molecule has 4 N–H and O–H groups in total. The van der Waals surface area contributed by atoms with Crippen molar-refractivity contribution in [1.29, 1.82) is 0 Å². The second-order valence-electron chi connectivity index (χ2n) is 11.3. The third-order valence-corrected chi connectivity index (χ3v) is 7.19. The minimum atomic E-state index is -1.39. The van der Waals surface area contributed by atoms with Crippen LogP contribution in [0.2, 0.25) is 0 Å². The van der Waals surface area contributed by atoms with Gasteiger partial charge < -0.3 is 25.6 Å². The van der Waals surface area contributed by atoms with E-state index in [2.05, 4.69) is 42.7 Å². The van der Waals surface area contributed by atoms with Gasteiger partial charge >= 0.3 is 11.9 Å². The van der Waals surface area contributed by atoms with Crippen molar-refractivity contribution in [3.05, 3.63) is 24.3 Å². The van der Waals surface area contributed by atoms with E-state index in [0.29, 0.717) is 12.8 Å². The molecule has 0 saturated carbocycles. The van der Waals surface area contributed by atoms with Crippen LogP contribution < -0.4 is 10.6 Å². The van der Waals surface area contributed by atoms with E-state index in [0.717, 1.165) is 51.4 Å². The molecule has 0 bridgehead atoms. The van der Waals surface area contributed by atoms with E-state index in [1.54, 1.807) is 0 Å². The first-order valence-corrected chi connectivity index (χ1v) is 16.7. The number of aliphatic hydroxyl groups is 1. The summed E-state index contributed by atoms with van der Waals surface area (Å²) in [6, 6.07) is -1.39. The molecule has 0 aliphatic rings. The summed E-state index contributed by atoms with van der Waals surface area (Å²) >= 11 is 0. The molecule has 0 aromatic heterocycles. The minimum absolute atomic E-state index is 0.135. The van der Waals surface area contributed by atoms with E-state index in [9.17, 15) is 19.2 Å². The lowest BCUT2D eigenvalue weighted by Crippen LogP contribution is -2.47. The van der Waals surface area contributed by atoms with Crippen LogP contribution >= 0.6 is 0 Å². The van der Waals surface area contributed by atoms with E-state index in [1.807, 2.05) is 6.08 Å². The van der Waals surface area contributed by atoms with Crippen molar-refractivity contribution in [3.63, 3.8) is 0 Å². The summed E-state index contributed by atoms with van der Waals surface area (Å²) in [5.74, 6) is -2.43. The van der Waals surface area contributed by atoms with Gasteiger partial charge in [0.25, 0.3) is 0 Å². The summed E-state index contributed by atoms with van der Waals surface area (Å²) in [7, 11) is 0. The number of carbonyl (C=O) groups is 4. The number of allylic oxidation sites excluding steroid dienone is 3. The van der Waals surface area contributed by atoms with Crippen LogP contribution in [-0.4, -0.2) is 59.3 Å². The van der Waals surface area contributed by atoms with Crippen LogP contribution in [0.25, 0.3) is 0 Å². The molecule has 9 nitrogen and oxygen atoms in total. The molecule has 0 radical (unpaired) electrons. The number of amides is 2. The number of ether oxygens (including phenoxy) is 1. The quantitative estimate of drug-likeness (QED) is 0.0430. The molecule has 0 aromatic rings. The molecule has 2 amide bonds. The fourth-order valence-corrected chi connectivity index (χ4v) is 4.54. The second kappa shape index (κ2) is 29.4. The maximum atomic E-state index is 12.5. The van der Waals surface area contributed by atoms with Crippen molar-refractivity contribution in [1.82, 2.24) is 10.6 Å². The van der Waals surface area contributed by atoms with Gasteiger partial charge in [0.2, 0.25) is 11.8 Å². The topological polar surface area (TPSA) is 142 Å². The van der Waals surface area contributed by atoms with Crippen LogP contribution in [0.3, 0.4) is 0 Å². The summed E-state index contributed by atoms with van der Waals surface area (Å²) in [6.07, 6.45) is 28.0. The smallest absolute Gasteiger partial charge is 0.328 e. The van der Waals surface area contributed by atoms with E-state index in [4.69, 9.17) is 14.9 Å². The van der Waals surface area contributed by atoms with Crippen molar-refractivity contribution in [2.24, 2.45) is 0 Å². The van der Waals surface area contributed by atoms with Gasteiger partial charge in [-0.3, -0.25) is 14.4 Å². The lowest BCUT2D eigenvalue weighted by molar-refractivity contribution is -0.147. The van der Waals surface area contributed by atoms with Crippen LogP contribution in [0, 0.1) is 0 Å². The summed E-state index contributed by atoms with van der Waals surface area (Å²) in [5.41, 5.74) is 0.